The molecule has 0 unspecified atom stereocenters. The zero-order valence-electron chi connectivity index (χ0n) is 10.4. The van der Waals surface area contributed by atoms with Crippen LogP contribution in [0, 0.1) is 5.92 Å². The van der Waals surface area contributed by atoms with E-state index in [0.29, 0.717) is 12.5 Å². The van der Waals surface area contributed by atoms with Gasteiger partial charge in [-0.2, -0.15) is 0 Å². The van der Waals surface area contributed by atoms with Crippen molar-refractivity contribution in [3.8, 4) is 0 Å². The van der Waals surface area contributed by atoms with E-state index in [4.69, 9.17) is 0 Å². The first-order valence-corrected chi connectivity index (χ1v) is 7.59. The molecule has 0 aromatic carbocycles. The summed E-state index contributed by atoms with van der Waals surface area (Å²) in [6.07, 6.45) is 7.17. The van der Waals surface area contributed by atoms with Crippen molar-refractivity contribution in [3.05, 3.63) is 28.7 Å². The fraction of sp³-hybridized carbons (Fsp3) is 0.583. The van der Waals surface area contributed by atoms with E-state index in [1.54, 1.807) is 7.05 Å². The van der Waals surface area contributed by atoms with Crippen molar-refractivity contribution < 1.29 is 8.42 Å². The van der Waals surface area contributed by atoms with E-state index in [1.165, 1.54) is 35.6 Å². The molecule has 1 fully saturated rings. The molecule has 6 heteroatoms. The molecule has 2 rings (SSSR count). The van der Waals surface area contributed by atoms with Crippen molar-refractivity contribution in [1.82, 2.24) is 9.29 Å². The maximum absolute atomic E-state index is 12.2. The number of hydrogen-bond donors (Lipinski definition) is 1. The summed E-state index contributed by atoms with van der Waals surface area (Å²) in [6, 6.07) is 1.23. The number of aromatic nitrogens is 1. The van der Waals surface area contributed by atoms with Crippen LogP contribution in [0.2, 0.25) is 0 Å². The third-order valence-corrected chi connectivity index (χ3v) is 5.31. The maximum Gasteiger partial charge on any atom is 0.248 e. The second-order valence-corrected chi connectivity index (χ2v) is 6.82. The van der Waals surface area contributed by atoms with Crippen LogP contribution in [0.5, 0.6) is 0 Å². The van der Waals surface area contributed by atoms with Gasteiger partial charge < -0.3 is 4.98 Å². The van der Waals surface area contributed by atoms with E-state index in [1.807, 2.05) is 0 Å². The van der Waals surface area contributed by atoms with Gasteiger partial charge in [0.15, 0.2) is 0 Å². The lowest BCUT2D eigenvalue weighted by Crippen LogP contribution is -2.33. The number of nitrogens with one attached hydrogen (secondary N) is 1. The first-order chi connectivity index (χ1) is 8.51. The Bertz CT molecular complexity index is 559. The average Bonchev–Trinajstić information content (AvgIpc) is 2.82. The lowest BCUT2D eigenvalue weighted by molar-refractivity contribution is 0.387. The van der Waals surface area contributed by atoms with E-state index in [2.05, 4.69) is 4.98 Å². The number of sulfonamides is 1. The summed E-state index contributed by atoms with van der Waals surface area (Å²) >= 11 is 0. The Morgan fingerprint density at radius 1 is 1.39 bits per heavy atom. The van der Waals surface area contributed by atoms with Crippen LogP contribution in [0.4, 0.5) is 0 Å². The molecule has 5 nitrogen and oxygen atoms in total. The molecule has 100 valence electrons. The molecule has 1 N–H and O–H groups in total. The lowest BCUT2D eigenvalue weighted by Gasteiger charge is -2.20. The number of nitrogens with zero attached hydrogens (tertiary/aromatic N) is 1. The summed E-state index contributed by atoms with van der Waals surface area (Å²) in [5.74, 6) is 0.424. The average molecular weight is 270 g/mol. The minimum absolute atomic E-state index is 0.175. The molecule has 1 aromatic heterocycles. The van der Waals surface area contributed by atoms with Crippen LogP contribution < -0.4 is 5.43 Å². The smallest absolute Gasteiger partial charge is 0.248 e. The van der Waals surface area contributed by atoms with Gasteiger partial charge in [-0.3, -0.25) is 4.79 Å². The minimum atomic E-state index is -3.67. The molecular weight excluding hydrogens is 252 g/mol. The standard InChI is InChI=1S/C12H18N2O3S/c1-14(9-10-4-2-3-5-10)18(16,17)12-8-13-7-6-11(12)15/h6-8,10H,2-5,9H2,1H3,(H,13,15). The van der Waals surface area contributed by atoms with E-state index in [9.17, 15) is 13.2 Å². The second kappa shape index (κ2) is 5.24. The summed E-state index contributed by atoms with van der Waals surface area (Å²) in [5, 5.41) is 0. The summed E-state index contributed by atoms with van der Waals surface area (Å²) in [5.41, 5.74) is -0.466. The molecule has 18 heavy (non-hydrogen) atoms. The minimum Gasteiger partial charge on any atom is -0.366 e. The van der Waals surface area contributed by atoms with Crippen molar-refractivity contribution in [1.29, 1.82) is 0 Å². The predicted octanol–water partition coefficient (Wildman–Crippen LogP) is 1.19. The molecule has 0 bridgehead atoms. The first kappa shape index (κ1) is 13.3. The Hall–Kier alpha value is -1.14. The number of H-pyrrole nitrogens is 1. The van der Waals surface area contributed by atoms with Gasteiger partial charge in [0.2, 0.25) is 15.5 Å². The number of aromatic amines is 1. The SMILES string of the molecule is CN(CC1CCCC1)S(=O)(=O)c1c[nH]ccc1=O. The molecule has 0 saturated heterocycles. The Morgan fingerprint density at radius 2 is 2.06 bits per heavy atom. The van der Waals surface area contributed by atoms with Crippen molar-refractivity contribution >= 4 is 10.0 Å². The zero-order chi connectivity index (χ0) is 13.2. The molecule has 1 heterocycles. The third kappa shape index (κ3) is 2.64. The van der Waals surface area contributed by atoms with Crippen molar-refractivity contribution in [3.63, 3.8) is 0 Å². The lowest BCUT2D eigenvalue weighted by atomic mass is 10.1. The zero-order valence-corrected chi connectivity index (χ0v) is 11.2. The van der Waals surface area contributed by atoms with E-state index >= 15 is 0 Å². The Morgan fingerprint density at radius 3 is 2.67 bits per heavy atom. The van der Waals surface area contributed by atoms with Gasteiger partial charge in [0.25, 0.3) is 0 Å². The molecule has 1 aliphatic rings. The fourth-order valence-electron chi connectivity index (χ4n) is 2.43. The largest absolute Gasteiger partial charge is 0.366 e. The fourth-order valence-corrected chi connectivity index (χ4v) is 3.71. The quantitative estimate of drug-likeness (QED) is 0.893. The molecule has 0 radical (unpaired) electrons. The monoisotopic (exact) mass is 270 g/mol. The van der Waals surface area contributed by atoms with E-state index < -0.39 is 15.5 Å². The van der Waals surface area contributed by atoms with E-state index in [-0.39, 0.29) is 4.90 Å². The second-order valence-electron chi connectivity index (χ2n) is 4.81. The van der Waals surface area contributed by atoms with Crippen LogP contribution >= 0.6 is 0 Å². The molecule has 1 aliphatic carbocycles. The van der Waals surface area contributed by atoms with Gasteiger partial charge >= 0.3 is 0 Å². The third-order valence-electron chi connectivity index (χ3n) is 3.47. The van der Waals surface area contributed by atoms with Crippen LogP contribution in [0.3, 0.4) is 0 Å². The highest BCUT2D eigenvalue weighted by molar-refractivity contribution is 7.89. The summed E-state index contributed by atoms with van der Waals surface area (Å²) in [6.45, 7) is 0.497. The van der Waals surface area contributed by atoms with Crippen LogP contribution in [-0.4, -0.2) is 31.3 Å². The van der Waals surface area contributed by atoms with Gasteiger partial charge in [-0.15, -0.1) is 0 Å². The topological polar surface area (TPSA) is 70.2 Å². The van der Waals surface area contributed by atoms with Crippen molar-refractivity contribution in [2.24, 2.45) is 5.92 Å². The maximum atomic E-state index is 12.2. The van der Waals surface area contributed by atoms with Gasteiger partial charge in [-0.05, 0) is 18.8 Å². The summed E-state index contributed by atoms with van der Waals surface area (Å²) < 4.78 is 25.8. The van der Waals surface area contributed by atoms with Gasteiger partial charge in [0.05, 0.1) is 0 Å². The molecule has 0 atom stereocenters. The van der Waals surface area contributed by atoms with Gasteiger partial charge in [0, 0.05) is 32.1 Å². The molecule has 0 spiro atoms. The number of hydrogen-bond acceptors (Lipinski definition) is 3. The molecule has 0 aliphatic heterocycles. The highest BCUT2D eigenvalue weighted by atomic mass is 32.2. The molecule has 1 saturated carbocycles. The van der Waals surface area contributed by atoms with Crippen LogP contribution in [0.1, 0.15) is 25.7 Å². The molecule has 0 amide bonds. The van der Waals surface area contributed by atoms with Crippen molar-refractivity contribution in [2.45, 2.75) is 30.6 Å². The number of rotatable bonds is 4. The van der Waals surface area contributed by atoms with Crippen molar-refractivity contribution in [2.75, 3.05) is 13.6 Å². The summed E-state index contributed by atoms with van der Waals surface area (Å²) in [4.78, 5) is 14.1. The van der Waals surface area contributed by atoms with Crippen LogP contribution in [0.25, 0.3) is 0 Å². The molecule has 1 aromatic rings. The van der Waals surface area contributed by atoms with Gasteiger partial charge in [0.1, 0.15) is 4.90 Å². The van der Waals surface area contributed by atoms with Gasteiger partial charge in [-0.25, -0.2) is 12.7 Å². The Balaban J connectivity index is 2.20. The number of pyridine rings is 1. The predicted molar refractivity (Wildman–Crippen MR) is 68.8 cm³/mol. The normalized spacial score (nSPS) is 17.4. The highest BCUT2D eigenvalue weighted by Crippen LogP contribution is 2.26. The van der Waals surface area contributed by atoms with Gasteiger partial charge in [-0.1, -0.05) is 12.8 Å². The van der Waals surface area contributed by atoms with Crippen LogP contribution in [-0.2, 0) is 10.0 Å². The van der Waals surface area contributed by atoms with Crippen LogP contribution in [0.15, 0.2) is 28.2 Å². The molecular formula is C12H18N2O3S. The summed E-state index contributed by atoms with van der Waals surface area (Å²) in [7, 11) is -2.13. The first-order valence-electron chi connectivity index (χ1n) is 6.15. The van der Waals surface area contributed by atoms with E-state index in [0.717, 1.165) is 12.8 Å². The Kier molecular flexibility index (Phi) is 3.87. The highest BCUT2D eigenvalue weighted by Gasteiger charge is 2.27. The Labute approximate surface area is 107 Å².